The van der Waals surface area contributed by atoms with Crippen molar-refractivity contribution < 1.29 is 23.8 Å². The van der Waals surface area contributed by atoms with Gasteiger partial charge in [-0.3, -0.25) is 9.59 Å². The fourth-order valence-corrected chi connectivity index (χ4v) is 1.87. The molecule has 5 heteroatoms. The molecule has 0 amide bonds. The van der Waals surface area contributed by atoms with Crippen LogP contribution in [0.5, 0.6) is 0 Å². The Bertz CT molecular complexity index is 265. The molecule has 0 saturated carbocycles. The molecule has 1 heterocycles. The third kappa shape index (κ3) is 4.00. The summed E-state index contributed by atoms with van der Waals surface area (Å²) in [6, 6.07) is 0. The maximum absolute atomic E-state index is 11.0. The number of esters is 2. The highest BCUT2D eigenvalue weighted by atomic mass is 16.7. The van der Waals surface area contributed by atoms with Crippen molar-refractivity contribution in [2.45, 2.75) is 59.0 Å². The van der Waals surface area contributed by atoms with E-state index in [4.69, 9.17) is 14.2 Å². The summed E-state index contributed by atoms with van der Waals surface area (Å²) in [7, 11) is 0. The van der Waals surface area contributed by atoms with Crippen molar-refractivity contribution in [1.82, 2.24) is 0 Å². The number of ether oxygens (including phenoxy) is 3. The maximum Gasteiger partial charge on any atom is 0.305 e. The third-order valence-electron chi connectivity index (χ3n) is 2.96. The molecule has 0 bridgehead atoms. The second-order valence-corrected chi connectivity index (χ2v) is 4.42. The molecule has 0 aromatic carbocycles. The van der Waals surface area contributed by atoms with Gasteiger partial charge in [-0.15, -0.1) is 0 Å². The Morgan fingerprint density at radius 3 is 2.35 bits per heavy atom. The van der Waals surface area contributed by atoms with Crippen LogP contribution in [0, 0.1) is 5.92 Å². The molecule has 1 aliphatic heterocycles. The lowest BCUT2D eigenvalue weighted by molar-refractivity contribution is -0.196. The molecule has 17 heavy (non-hydrogen) atoms. The summed E-state index contributed by atoms with van der Waals surface area (Å²) < 4.78 is 15.7. The normalized spacial score (nSPS) is 29.8. The van der Waals surface area contributed by atoms with Crippen molar-refractivity contribution in [2.75, 3.05) is 0 Å². The van der Waals surface area contributed by atoms with Gasteiger partial charge in [-0.2, -0.15) is 0 Å². The van der Waals surface area contributed by atoms with Gasteiger partial charge in [0.2, 0.25) is 6.29 Å². The standard InChI is InChI=1S/C12H20O5/c1-5-7(2)10-6-11(15-8(3)13)12(17-10)16-9(4)14/h7,10-12H,5-6H2,1-4H3/t7?,10-,11+,12?/m0/s1. The lowest BCUT2D eigenvalue weighted by Crippen LogP contribution is -2.30. The Kier molecular flexibility index (Phi) is 4.93. The van der Waals surface area contributed by atoms with Gasteiger partial charge in [0, 0.05) is 20.3 Å². The summed E-state index contributed by atoms with van der Waals surface area (Å²) >= 11 is 0. The summed E-state index contributed by atoms with van der Waals surface area (Å²) in [5.74, 6) is -0.480. The second kappa shape index (κ2) is 6.00. The SMILES string of the molecule is CCC(C)[C@@H]1C[C@@H](OC(C)=O)C(OC(C)=O)O1. The van der Waals surface area contributed by atoms with E-state index >= 15 is 0 Å². The van der Waals surface area contributed by atoms with Gasteiger partial charge in [0.25, 0.3) is 0 Å². The van der Waals surface area contributed by atoms with Crippen LogP contribution in [0.25, 0.3) is 0 Å². The van der Waals surface area contributed by atoms with Crippen LogP contribution in [0.1, 0.15) is 40.5 Å². The van der Waals surface area contributed by atoms with E-state index < -0.39 is 18.4 Å². The number of hydrogen-bond donors (Lipinski definition) is 0. The first-order chi connectivity index (χ1) is 7.93. The maximum atomic E-state index is 11.0. The minimum absolute atomic E-state index is 0.0336. The minimum Gasteiger partial charge on any atom is -0.456 e. The Balaban J connectivity index is 2.64. The summed E-state index contributed by atoms with van der Waals surface area (Å²) in [5.41, 5.74) is 0. The predicted molar refractivity (Wildman–Crippen MR) is 60.1 cm³/mol. The molecule has 0 N–H and O–H groups in total. The molecular formula is C12H20O5. The van der Waals surface area contributed by atoms with Crippen LogP contribution < -0.4 is 0 Å². The molecule has 1 saturated heterocycles. The lowest BCUT2D eigenvalue weighted by atomic mass is 9.99. The molecule has 4 atom stereocenters. The highest BCUT2D eigenvalue weighted by molar-refractivity contribution is 5.67. The predicted octanol–water partition coefficient (Wildman–Crippen LogP) is 1.64. The van der Waals surface area contributed by atoms with E-state index in [1.807, 2.05) is 0 Å². The van der Waals surface area contributed by atoms with Crippen molar-refractivity contribution in [1.29, 1.82) is 0 Å². The van der Waals surface area contributed by atoms with E-state index in [1.165, 1.54) is 13.8 Å². The van der Waals surface area contributed by atoms with Gasteiger partial charge < -0.3 is 14.2 Å². The van der Waals surface area contributed by atoms with Crippen molar-refractivity contribution >= 4 is 11.9 Å². The van der Waals surface area contributed by atoms with Crippen molar-refractivity contribution in [3.63, 3.8) is 0 Å². The highest BCUT2D eigenvalue weighted by Crippen LogP contribution is 2.30. The number of carbonyl (C=O) groups excluding carboxylic acids is 2. The second-order valence-electron chi connectivity index (χ2n) is 4.42. The molecule has 0 spiro atoms. The topological polar surface area (TPSA) is 61.8 Å². The molecule has 0 aromatic rings. The average Bonchev–Trinajstić information content (AvgIpc) is 2.58. The highest BCUT2D eigenvalue weighted by Gasteiger charge is 2.41. The van der Waals surface area contributed by atoms with Gasteiger partial charge in [0.15, 0.2) is 6.10 Å². The van der Waals surface area contributed by atoms with Gasteiger partial charge in [0.05, 0.1) is 6.10 Å². The fraction of sp³-hybridized carbons (Fsp3) is 0.833. The minimum atomic E-state index is -0.768. The summed E-state index contributed by atoms with van der Waals surface area (Å²) in [5, 5.41) is 0. The summed E-state index contributed by atoms with van der Waals surface area (Å²) in [6.45, 7) is 6.77. The van der Waals surface area contributed by atoms with Crippen molar-refractivity contribution in [2.24, 2.45) is 5.92 Å². The first-order valence-electron chi connectivity index (χ1n) is 5.94. The Hall–Kier alpha value is -1.10. The molecule has 5 nitrogen and oxygen atoms in total. The van der Waals surface area contributed by atoms with Crippen LogP contribution in [0.2, 0.25) is 0 Å². The zero-order valence-electron chi connectivity index (χ0n) is 10.8. The van der Waals surface area contributed by atoms with Crippen LogP contribution in [0.4, 0.5) is 0 Å². The van der Waals surface area contributed by atoms with Gasteiger partial charge >= 0.3 is 11.9 Å². The van der Waals surface area contributed by atoms with Crippen LogP contribution in [0.3, 0.4) is 0 Å². The summed E-state index contributed by atoms with van der Waals surface area (Å²) in [6.07, 6.45) is 0.246. The third-order valence-corrected chi connectivity index (χ3v) is 2.96. The molecule has 0 aromatic heterocycles. The van der Waals surface area contributed by atoms with E-state index in [1.54, 1.807) is 0 Å². The van der Waals surface area contributed by atoms with E-state index in [0.717, 1.165) is 6.42 Å². The number of carbonyl (C=O) groups is 2. The van der Waals surface area contributed by atoms with Crippen LogP contribution in [0.15, 0.2) is 0 Å². The molecule has 98 valence electrons. The van der Waals surface area contributed by atoms with Crippen molar-refractivity contribution in [3.8, 4) is 0 Å². The van der Waals surface area contributed by atoms with Gasteiger partial charge in [-0.05, 0) is 5.92 Å². The van der Waals surface area contributed by atoms with Crippen LogP contribution in [-0.2, 0) is 23.8 Å². The smallest absolute Gasteiger partial charge is 0.305 e. The first kappa shape index (κ1) is 14.0. The van der Waals surface area contributed by atoms with E-state index in [2.05, 4.69) is 13.8 Å². The molecule has 1 rings (SSSR count). The first-order valence-corrected chi connectivity index (χ1v) is 5.94. The quantitative estimate of drug-likeness (QED) is 0.703. The monoisotopic (exact) mass is 244 g/mol. The molecule has 1 fully saturated rings. The van der Waals surface area contributed by atoms with E-state index in [0.29, 0.717) is 12.3 Å². The molecule has 0 aliphatic carbocycles. The molecular weight excluding hydrogens is 224 g/mol. The Morgan fingerprint density at radius 1 is 1.29 bits per heavy atom. The number of hydrogen-bond acceptors (Lipinski definition) is 5. The van der Waals surface area contributed by atoms with Gasteiger partial charge in [0.1, 0.15) is 0 Å². The zero-order valence-corrected chi connectivity index (χ0v) is 10.8. The lowest BCUT2D eigenvalue weighted by Gasteiger charge is -2.18. The fourth-order valence-electron chi connectivity index (χ4n) is 1.87. The number of rotatable bonds is 4. The zero-order chi connectivity index (χ0) is 13.0. The Labute approximate surface area is 101 Å². The van der Waals surface area contributed by atoms with E-state index in [9.17, 15) is 9.59 Å². The summed E-state index contributed by atoms with van der Waals surface area (Å²) in [4.78, 5) is 21.9. The molecule has 2 unspecified atom stereocenters. The van der Waals surface area contributed by atoms with Crippen LogP contribution in [-0.4, -0.2) is 30.4 Å². The molecule has 1 aliphatic rings. The van der Waals surface area contributed by atoms with Crippen molar-refractivity contribution in [3.05, 3.63) is 0 Å². The van der Waals surface area contributed by atoms with Gasteiger partial charge in [-0.1, -0.05) is 20.3 Å². The van der Waals surface area contributed by atoms with E-state index in [-0.39, 0.29) is 12.1 Å². The molecule has 0 radical (unpaired) electrons. The van der Waals surface area contributed by atoms with Gasteiger partial charge in [-0.25, -0.2) is 0 Å². The van der Waals surface area contributed by atoms with Crippen LogP contribution >= 0.6 is 0 Å². The average molecular weight is 244 g/mol. The largest absolute Gasteiger partial charge is 0.456 e. The Morgan fingerprint density at radius 2 is 1.88 bits per heavy atom.